The first-order chi connectivity index (χ1) is 18.0. The molecule has 0 amide bonds. The van der Waals surface area contributed by atoms with Crippen LogP contribution in [0, 0.1) is 6.92 Å². The number of rotatable bonds is 7. The zero-order valence-corrected chi connectivity index (χ0v) is 21.5. The van der Waals surface area contributed by atoms with Crippen LogP contribution in [0.3, 0.4) is 0 Å². The molecule has 0 radical (unpaired) electrons. The fourth-order valence-electron chi connectivity index (χ4n) is 5.00. The van der Waals surface area contributed by atoms with Crippen molar-refractivity contribution in [2.75, 3.05) is 57.8 Å². The smallest absolute Gasteiger partial charge is 0.143 e. The van der Waals surface area contributed by atoms with Gasteiger partial charge < -0.3 is 20.5 Å². The molecule has 2 aromatic carbocycles. The Bertz CT molecular complexity index is 1410. The number of anilines is 2. The maximum Gasteiger partial charge on any atom is 0.143 e. The molecule has 1 saturated heterocycles. The molecule has 3 heterocycles. The second kappa shape index (κ2) is 10.7. The van der Waals surface area contributed by atoms with Gasteiger partial charge in [-0.15, -0.1) is 0 Å². The molecule has 9 nitrogen and oxygen atoms in total. The molecule has 9 heteroatoms. The van der Waals surface area contributed by atoms with Gasteiger partial charge in [-0.3, -0.25) is 9.89 Å². The second-order valence-electron chi connectivity index (χ2n) is 9.38. The summed E-state index contributed by atoms with van der Waals surface area (Å²) in [5.74, 6) is 0.913. The van der Waals surface area contributed by atoms with Crippen LogP contribution in [0.25, 0.3) is 27.8 Å². The van der Waals surface area contributed by atoms with Crippen molar-refractivity contribution in [1.82, 2.24) is 19.7 Å². The van der Waals surface area contributed by atoms with Gasteiger partial charge in [-0.2, -0.15) is 5.10 Å². The summed E-state index contributed by atoms with van der Waals surface area (Å²) < 4.78 is 7.23. The largest absolute Gasteiger partial charge is 0.398 e. The second-order valence-corrected chi connectivity index (χ2v) is 9.38. The number of fused-ring (bicyclic) bond motifs is 1. The quantitative estimate of drug-likeness (QED) is 0.229. The first-order valence-electron chi connectivity index (χ1n) is 12.4. The van der Waals surface area contributed by atoms with E-state index in [0.29, 0.717) is 12.3 Å². The Balaban J connectivity index is 1.53. The lowest BCUT2D eigenvalue weighted by atomic mass is 10.00. The van der Waals surface area contributed by atoms with E-state index < -0.39 is 0 Å². The number of benzene rings is 2. The molecule has 4 aromatic rings. The van der Waals surface area contributed by atoms with Crippen LogP contribution in [0.15, 0.2) is 59.7 Å². The predicted molar refractivity (Wildman–Crippen MR) is 149 cm³/mol. The van der Waals surface area contributed by atoms with Crippen molar-refractivity contribution in [3.8, 4) is 16.9 Å². The minimum absolute atomic E-state index is 0.196. The SMILES string of the molecule is CN=Cc1c(N)cccc1-c1nn(-c2ccc(N3CCN(C)C(COCO)C3)nc2)c2c(C)cccc12. The van der Waals surface area contributed by atoms with E-state index in [4.69, 9.17) is 25.7 Å². The van der Waals surface area contributed by atoms with E-state index in [-0.39, 0.29) is 12.8 Å². The zero-order chi connectivity index (χ0) is 25.9. The number of aliphatic hydroxyl groups excluding tert-OH is 1. The van der Waals surface area contributed by atoms with E-state index in [1.54, 1.807) is 13.3 Å². The highest BCUT2D eigenvalue weighted by atomic mass is 16.6. The minimum Gasteiger partial charge on any atom is -0.398 e. The molecule has 5 rings (SSSR count). The van der Waals surface area contributed by atoms with Gasteiger partial charge in [-0.05, 0) is 37.7 Å². The lowest BCUT2D eigenvalue weighted by molar-refractivity contribution is -0.0270. The first kappa shape index (κ1) is 24.9. The molecule has 1 unspecified atom stereocenters. The Morgan fingerprint density at radius 1 is 1.16 bits per heavy atom. The van der Waals surface area contributed by atoms with Crippen LogP contribution < -0.4 is 10.6 Å². The van der Waals surface area contributed by atoms with E-state index >= 15 is 0 Å². The summed E-state index contributed by atoms with van der Waals surface area (Å²) in [7, 11) is 3.83. The molecule has 1 atom stereocenters. The van der Waals surface area contributed by atoms with Crippen molar-refractivity contribution in [3.63, 3.8) is 0 Å². The topological polar surface area (TPSA) is 105 Å². The number of aromatic nitrogens is 3. The first-order valence-corrected chi connectivity index (χ1v) is 12.4. The summed E-state index contributed by atoms with van der Waals surface area (Å²) in [5.41, 5.74) is 12.7. The molecular formula is C28H33N7O2. The summed E-state index contributed by atoms with van der Waals surface area (Å²) in [6.07, 6.45) is 3.67. The van der Waals surface area contributed by atoms with Gasteiger partial charge in [0.25, 0.3) is 0 Å². The Labute approximate surface area is 216 Å². The molecule has 3 N–H and O–H groups in total. The van der Waals surface area contributed by atoms with Crippen molar-refractivity contribution in [2.45, 2.75) is 13.0 Å². The van der Waals surface area contributed by atoms with Gasteiger partial charge in [0.2, 0.25) is 0 Å². The van der Waals surface area contributed by atoms with Gasteiger partial charge in [-0.25, -0.2) is 9.67 Å². The van der Waals surface area contributed by atoms with E-state index in [0.717, 1.165) is 64.4 Å². The van der Waals surface area contributed by atoms with Crippen molar-refractivity contribution < 1.29 is 9.84 Å². The number of nitrogens with two attached hydrogens (primary N) is 1. The Hall–Kier alpha value is -3.79. The zero-order valence-electron chi connectivity index (χ0n) is 21.5. The van der Waals surface area contributed by atoms with Crippen LogP contribution in [-0.2, 0) is 4.74 Å². The van der Waals surface area contributed by atoms with Gasteiger partial charge >= 0.3 is 0 Å². The van der Waals surface area contributed by atoms with Crippen LogP contribution in [0.2, 0.25) is 0 Å². The number of ether oxygens (including phenoxy) is 1. The lowest BCUT2D eigenvalue weighted by Gasteiger charge is -2.39. The Morgan fingerprint density at radius 2 is 2.00 bits per heavy atom. The monoisotopic (exact) mass is 499 g/mol. The van der Waals surface area contributed by atoms with E-state index in [9.17, 15) is 0 Å². The molecular weight excluding hydrogens is 466 g/mol. The Kier molecular flexibility index (Phi) is 7.18. The van der Waals surface area contributed by atoms with E-state index in [1.807, 2.05) is 35.1 Å². The molecule has 1 aliphatic rings. The molecule has 0 aliphatic carbocycles. The normalized spacial score (nSPS) is 16.8. The number of likely N-dealkylation sites (N-methyl/N-ethyl adjacent to an activating group) is 1. The van der Waals surface area contributed by atoms with Gasteiger partial charge in [0.1, 0.15) is 18.3 Å². The summed E-state index contributed by atoms with van der Waals surface area (Å²) in [4.78, 5) is 13.6. The number of hydrogen-bond donors (Lipinski definition) is 2. The standard InChI is InChI=1S/C28H33N7O2/c1-19-6-4-8-23-27(22-7-5-9-25(29)24(22)15-30-2)32-35(28(19)23)20-10-11-26(31-14-20)34-13-12-33(3)21(16-34)17-37-18-36/h4-11,14-15,21,36H,12-13,16-18,29H2,1-3H3. The number of piperazine rings is 1. The highest BCUT2D eigenvalue weighted by Crippen LogP contribution is 2.34. The van der Waals surface area contributed by atoms with Crippen molar-refractivity contribution in [1.29, 1.82) is 0 Å². The summed E-state index contributed by atoms with van der Waals surface area (Å²) in [5, 5.41) is 15.2. The third kappa shape index (κ3) is 4.81. The van der Waals surface area contributed by atoms with Crippen LogP contribution in [0.1, 0.15) is 11.1 Å². The third-order valence-corrected chi connectivity index (χ3v) is 7.04. The third-order valence-electron chi connectivity index (χ3n) is 7.04. The van der Waals surface area contributed by atoms with Crippen molar-refractivity contribution in [3.05, 3.63) is 65.9 Å². The molecule has 37 heavy (non-hydrogen) atoms. The lowest BCUT2D eigenvalue weighted by Crippen LogP contribution is -2.53. The number of aliphatic imine (C=N–C) groups is 1. The molecule has 192 valence electrons. The number of aryl methyl sites for hydroxylation is 1. The van der Waals surface area contributed by atoms with Gasteiger partial charge in [-0.1, -0.05) is 30.3 Å². The van der Waals surface area contributed by atoms with Crippen LogP contribution in [-0.4, -0.2) is 84.2 Å². The highest BCUT2D eigenvalue weighted by molar-refractivity contribution is 6.03. The molecule has 2 aromatic heterocycles. The number of para-hydroxylation sites is 1. The average Bonchev–Trinajstić information content (AvgIpc) is 3.30. The minimum atomic E-state index is -0.265. The summed E-state index contributed by atoms with van der Waals surface area (Å²) >= 11 is 0. The van der Waals surface area contributed by atoms with Crippen LogP contribution >= 0.6 is 0 Å². The number of nitrogen functional groups attached to an aromatic ring is 1. The number of nitrogens with zero attached hydrogens (tertiary/aromatic N) is 6. The van der Waals surface area contributed by atoms with Crippen molar-refractivity contribution in [2.24, 2.45) is 4.99 Å². The average molecular weight is 500 g/mol. The molecule has 1 aliphatic heterocycles. The number of pyridine rings is 1. The maximum absolute atomic E-state index is 9.04. The van der Waals surface area contributed by atoms with Gasteiger partial charge in [0.15, 0.2) is 0 Å². The predicted octanol–water partition coefficient (Wildman–Crippen LogP) is 3.11. The molecule has 0 saturated carbocycles. The highest BCUT2D eigenvalue weighted by Gasteiger charge is 2.25. The molecule has 0 spiro atoms. The van der Waals surface area contributed by atoms with E-state index in [2.05, 4.69) is 53.0 Å². The fourth-order valence-corrected chi connectivity index (χ4v) is 5.00. The van der Waals surface area contributed by atoms with Crippen LogP contribution in [0.4, 0.5) is 11.5 Å². The fraction of sp³-hybridized carbons (Fsp3) is 0.321. The molecule has 1 fully saturated rings. The van der Waals surface area contributed by atoms with Crippen LogP contribution in [0.5, 0.6) is 0 Å². The summed E-state index contributed by atoms with van der Waals surface area (Å²) in [6.45, 7) is 4.88. The van der Waals surface area contributed by atoms with Gasteiger partial charge in [0.05, 0.1) is 30.0 Å². The Morgan fingerprint density at radius 3 is 2.76 bits per heavy atom. The van der Waals surface area contributed by atoms with E-state index in [1.165, 1.54) is 0 Å². The number of aliphatic hydroxyl groups is 1. The summed E-state index contributed by atoms with van der Waals surface area (Å²) in [6, 6.07) is 16.4. The maximum atomic E-state index is 9.04. The number of hydrogen-bond acceptors (Lipinski definition) is 8. The van der Waals surface area contributed by atoms with Crippen molar-refractivity contribution >= 4 is 28.6 Å². The molecule has 0 bridgehead atoms. The van der Waals surface area contributed by atoms with Gasteiger partial charge in [0, 0.05) is 55.1 Å².